The Morgan fingerprint density at radius 2 is 2.05 bits per heavy atom. The number of carbonyl (C=O) groups excluding carboxylic acids is 3. The van der Waals surface area contributed by atoms with Crippen LogP contribution in [0.1, 0.15) is 32.6 Å². The smallest absolute Gasteiger partial charge is 0.249 e. The van der Waals surface area contributed by atoms with Gasteiger partial charge in [-0.3, -0.25) is 14.4 Å². The Kier molecular flexibility index (Phi) is 4.72. The summed E-state index contributed by atoms with van der Waals surface area (Å²) in [6.45, 7) is 2.45. The molecule has 2 saturated heterocycles. The van der Waals surface area contributed by atoms with Gasteiger partial charge in [-0.2, -0.15) is 0 Å². The third-order valence-electron chi connectivity index (χ3n) is 4.70. The van der Waals surface area contributed by atoms with Crippen LogP contribution in [0.2, 0.25) is 0 Å². The van der Waals surface area contributed by atoms with Crippen molar-refractivity contribution in [1.29, 1.82) is 0 Å². The number of carbonyl (C=O) groups is 3. The Bertz CT molecular complexity index is 483. The summed E-state index contributed by atoms with van der Waals surface area (Å²) in [5.41, 5.74) is 10.1. The molecule has 0 aromatic carbocycles. The molecule has 2 aliphatic heterocycles. The molecule has 1 spiro atoms. The van der Waals surface area contributed by atoms with Gasteiger partial charge in [0.2, 0.25) is 17.7 Å². The lowest BCUT2D eigenvalue weighted by atomic mass is 9.93. The molecule has 0 radical (unpaired) electrons. The normalized spacial score (nSPS) is 27.5. The molecule has 2 rings (SSSR count). The number of hydrogen-bond acceptors (Lipinski definition) is 5. The Hall–Kier alpha value is -1.67. The van der Waals surface area contributed by atoms with Crippen molar-refractivity contribution < 1.29 is 19.5 Å². The van der Waals surface area contributed by atoms with Crippen LogP contribution in [0.4, 0.5) is 0 Å². The van der Waals surface area contributed by atoms with Crippen molar-refractivity contribution in [2.24, 2.45) is 11.5 Å². The summed E-state index contributed by atoms with van der Waals surface area (Å²) in [6.07, 6.45) is 1.18. The molecule has 3 amide bonds. The SMILES string of the molecule is CCC(O)[C@H](N)C(=O)N1CCCC12CCN(CC(N)=O)C2=O. The number of likely N-dealkylation sites (tertiary alicyclic amines) is 2. The highest BCUT2D eigenvalue weighted by Crippen LogP contribution is 2.39. The number of hydrogen-bond donors (Lipinski definition) is 3. The fourth-order valence-corrected chi connectivity index (χ4v) is 3.44. The zero-order valence-corrected chi connectivity index (χ0v) is 12.8. The molecule has 3 atom stereocenters. The quantitative estimate of drug-likeness (QED) is 0.549. The maximum absolute atomic E-state index is 12.7. The van der Waals surface area contributed by atoms with E-state index in [0.717, 1.165) is 0 Å². The van der Waals surface area contributed by atoms with Gasteiger partial charge in [-0.1, -0.05) is 6.92 Å². The first-order valence-electron chi connectivity index (χ1n) is 7.66. The number of nitrogens with zero attached hydrogens (tertiary/aromatic N) is 2. The summed E-state index contributed by atoms with van der Waals surface area (Å²) >= 11 is 0. The number of nitrogens with two attached hydrogens (primary N) is 2. The van der Waals surface area contributed by atoms with Crippen LogP contribution < -0.4 is 11.5 Å². The second kappa shape index (κ2) is 6.21. The standard InChI is InChI=1S/C14H24N4O4/c1-2-9(19)11(16)12(21)18-6-3-4-14(18)5-7-17(13(14)22)8-10(15)20/h9,11,19H,2-8,16H2,1H3,(H2,15,20)/t9?,11-,14?/m0/s1. The molecule has 22 heavy (non-hydrogen) atoms. The van der Waals surface area contributed by atoms with E-state index in [1.165, 1.54) is 9.80 Å². The Morgan fingerprint density at radius 3 is 2.64 bits per heavy atom. The summed E-state index contributed by atoms with van der Waals surface area (Å²) in [5.74, 6) is -1.21. The summed E-state index contributed by atoms with van der Waals surface area (Å²) in [6, 6.07) is -1.03. The minimum absolute atomic E-state index is 0.133. The van der Waals surface area contributed by atoms with E-state index in [4.69, 9.17) is 11.5 Å². The first-order chi connectivity index (χ1) is 10.3. The molecule has 124 valence electrons. The first kappa shape index (κ1) is 16.7. The van der Waals surface area contributed by atoms with Crippen molar-refractivity contribution in [3.63, 3.8) is 0 Å². The van der Waals surface area contributed by atoms with E-state index in [-0.39, 0.29) is 12.5 Å². The first-order valence-corrected chi connectivity index (χ1v) is 7.66. The van der Waals surface area contributed by atoms with E-state index in [0.29, 0.717) is 38.8 Å². The van der Waals surface area contributed by atoms with E-state index in [2.05, 4.69) is 0 Å². The molecule has 0 aromatic heterocycles. The van der Waals surface area contributed by atoms with Gasteiger partial charge in [0.05, 0.1) is 12.6 Å². The van der Waals surface area contributed by atoms with Gasteiger partial charge in [0.25, 0.3) is 0 Å². The minimum Gasteiger partial charge on any atom is -0.391 e. The summed E-state index contributed by atoms with van der Waals surface area (Å²) < 4.78 is 0. The monoisotopic (exact) mass is 312 g/mol. The van der Waals surface area contributed by atoms with Gasteiger partial charge >= 0.3 is 0 Å². The van der Waals surface area contributed by atoms with Gasteiger partial charge in [0.15, 0.2) is 0 Å². The summed E-state index contributed by atoms with van der Waals surface area (Å²) in [5, 5.41) is 9.80. The van der Waals surface area contributed by atoms with Gasteiger partial charge < -0.3 is 26.4 Å². The second-order valence-electron chi connectivity index (χ2n) is 6.07. The molecule has 0 aromatic rings. The molecule has 5 N–H and O–H groups in total. The molecule has 2 heterocycles. The van der Waals surface area contributed by atoms with Crippen molar-refractivity contribution >= 4 is 17.7 Å². The summed E-state index contributed by atoms with van der Waals surface area (Å²) in [4.78, 5) is 39.2. The van der Waals surface area contributed by atoms with E-state index in [9.17, 15) is 19.5 Å². The highest BCUT2D eigenvalue weighted by molar-refractivity contribution is 5.96. The fourth-order valence-electron chi connectivity index (χ4n) is 3.44. The Morgan fingerprint density at radius 1 is 1.36 bits per heavy atom. The molecule has 2 aliphatic rings. The molecule has 8 heteroatoms. The lowest BCUT2D eigenvalue weighted by Crippen LogP contribution is -2.59. The predicted octanol–water partition coefficient (Wildman–Crippen LogP) is -1.84. The van der Waals surface area contributed by atoms with Crippen molar-refractivity contribution in [2.45, 2.75) is 50.3 Å². The molecule has 0 aliphatic carbocycles. The van der Waals surface area contributed by atoms with Crippen LogP contribution in [0.25, 0.3) is 0 Å². The van der Waals surface area contributed by atoms with Gasteiger partial charge in [-0.15, -0.1) is 0 Å². The van der Waals surface area contributed by atoms with Crippen molar-refractivity contribution in [3.8, 4) is 0 Å². The highest BCUT2D eigenvalue weighted by atomic mass is 16.3. The average molecular weight is 312 g/mol. The zero-order valence-electron chi connectivity index (χ0n) is 12.8. The maximum Gasteiger partial charge on any atom is 0.249 e. The highest BCUT2D eigenvalue weighted by Gasteiger charge is 2.55. The van der Waals surface area contributed by atoms with Crippen molar-refractivity contribution in [1.82, 2.24) is 9.80 Å². The topological polar surface area (TPSA) is 130 Å². The predicted molar refractivity (Wildman–Crippen MR) is 78.3 cm³/mol. The number of aliphatic hydroxyl groups is 1. The van der Waals surface area contributed by atoms with E-state index >= 15 is 0 Å². The van der Waals surface area contributed by atoms with Crippen LogP contribution in [0, 0.1) is 0 Å². The van der Waals surface area contributed by atoms with Gasteiger partial charge in [-0.05, 0) is 25.7 Å². The molecule has 8 nitrogen and oxygen atoms in total. The number of primary amides is 1. The van der Waals surface area contributed by atoms with E-state index in [1.807, 2.05) is 0 Å². The van der Waals surface area contributed by atoms with Crippen molar-refractivity contribution in [2.75, 3.05) is 19.6 Å². The van der Waals surface area contributed by atoms with Crippen molar-refractivity contribution in [3.05, 3.63) is 0 Å². The summed E-state index contributed by atoms with van der Waals surface area (Å²) in [7, 11) is 0. The Balaban J connectivity index is 2.18. The van der Waals surface area contributed by atoms with E-state index < -0.39 is 29.5 Å². The lowest BCUT2D eigenvalue weighted by Gasteiger charge is -2.35. The molecule has 2 fully saturated rings. The van der Waals surface area contributed by atoms with E-state index in [1.54, 1.807) is 6.92 Å². The number of rotatable bonds is 5. The van der Waals surface area contributed by atoms with Gasteiger partial charge in [0, 0.05) is 13.1 Å². The molecular formula is C14H24N4O4. The maximum atomic E-state index is 12.7. The fraction of sp³-hybridized carbons (Fsp3) is 0.786. The van der Waals surface area contributed by atoms with Crippen LogP contribution >= 0.6 is 0 Å². The molecule has 2 unspecified atom stereocenters. The third-order valence-corrected chi connectivity index (χ3v) is 4.70. The molecule has 0 saturated carbocycles. The largest absolute Gasteiger partial charge is 0.391 e. The zero-order chi connectivity index (χ0) is 16.5. The lowest BCUT2D eigenvalue weighted by molar-refractivity contribution is -0.149. The molecular weight excluding hydrogens is 288 g/mol. The Labute approximate surface area is 129 Å². The third kappa shape index (κ3) is 2.68. The second-order valence-corrected chi connectivity index (χ2v) is 6.07. The molecule has 0 bridgehead atoms. The van der Waals surface area contributed by atoms with Crippen LogP contribution in [-0.2, 0) is 14.4 Å². The van der Waals surface area contributed by atoms with Crippen LogP contribution in [0.3, 0.4) is 0 Å². The van der Waals surface area contributed by atoms with Crippen LogP contribution in [-0.4, -0.2) is 69.9 Å². The van der Waals surface area contributed by atoms with Gasteiger partial charge in [0.1, 0.15) is 11.6 Å². The minimum atomic E-state index is -1.03. The van der Waals surface area contributed by atoms with Crippen LogP contribution in [0.15, 0.2) is 0 Å². The number of aliphatic hydroxyl groups excluding tert-OH is 1. The van der Waals surface area contributed by atoms with Crippen LogP contribution in [0.5, 0.6) is 0 Å². The average Bonchev–Trinajstić information content (AvgIpc) is 3.04. The number of amides is 3. The van der Waals surface area contributed by atoms with Gasteiger partial charge in [-0.25, -0.2) is 0 Å².